The summed E-state index contributed by atoms with van der Waals surface area (Å²) < 4.78 is 1.63. The maximum absolute atomic E-state index is 11.7. The van der Waals surface area contributed by atoms with Crippen molar-refractivity contribution in [3.63, 3.8) is 0 Å². The molecule has 7 heteroatoms. The van der Waals surface area contributed by atoms with Crippen LogP contribution in [0.15, 0.2) is 6.20 Å². The van der Waals surface area contributed by atoms with E-state index in [1.165, 1.54) is 0 Å². The van der Waals surface area contributed by atoms with Crippen LogP contribution < -0.4 is 10.6 Å². The van der Waals surface area contributed by atoms with E-state index in [1.807, 2.05) is 13.8 Å². The number of carbonyl (C=O) groups is 2. The third-order valence-electron chi connectivity index (χ3n) is 2.67. The Balaban J connectivity index is 2.34. The number of carboxylic acid groups (broad SMARTS) is 1. The molecule has 0 saturated carbocycles. The monoisotopic (exact) mass is 268 g/mol. The molecule has 2 amide bonds. The highest BCUT2D eigenvalue weighted by Crippen LogP contribution is 2.11. The minimum Gasteiger partial charge on any atom is -0.481 e. The predicted molar refractivity (Wildman–Crippen MR) is 71.0 cm³/mol. The normalized spacial score (nSPS) is 11.9. The van der Waals surface area contributed by atoms with Crippen LogP contribution in [0.1, 0.15) is 31.9 Å². The van der Waals surface area contributed by atoms with Crippen molar-refractivity contribution in [1.29, 1.82) is 0 Å². The van der Waals surface area contributed by atoms with Crippen molar-refractivity contribution < 1.29 is 14.7 Å². The molecule has 19 heavy (non-hydrogen) atoms. The van der Waals surface area contributed by atoms with Crippen LogP contribution in [-0.2, 0) is 11.8 Å². The van der Waals surface area contributed by atoms with Gasteiger partial charge in [-0.1, -0.05) is 0 Å². The first-order valence-electron chi connectivity index (χ1n) is 6.18. The molecular weight excluding hydrogens is 248 g/mol. The quantitative estimate of drug-likeness (QED) is 0.728. The third kappa shape index (κ3) is 5.41. The number of aryl methyl sites for hydroxylation is 2. The molecule has 1 aromatic rings. The highest BCUT2D eigenvalue weighted by molar-refractivity contribution is 5.89. The van der Waals surface area contributed by atoms with E-state index in [9.17, 15) is 9.59 Å². The molecule has 1 aromatic heterocycles. The minimum atomic E-state index is -0.817. The fourth-order valence-corrected chi connectivity index (χ4v) is 1.74. The first-order chi connectivity index (χ1) is 8.88. The molecule has 0 aliphatic rings. The fourth-order valence-electron chi connectivity index (χ4n) is 1.74. The number of anilines is 1. The molecule has 0 saturated heterocycles. The topological polar surface area (TPSA) is 96.3 Å². The Bertz CT molecular complexity index is 456. The summed E-state index contributed by atoms with van der Waals surface area (Å²) in [4.78, 5) is 22.1. The summed E-state index contributed by atoms with van der Waals surface area (Å²) in [6.07, 6.45) is 3.02. The van der Waals surface area contributed by atoms with Crippen molar-refractivity contribution >= 4 is 17.7 Å². The number of carboxylic acids is 1. The number of nitrogens with zero attached hydrogens (tertiary/aromatic N) is 2. The van der Waals surface area contributed by atoms with Crippen LogP contribution in [-0.4, -0.2) is 32.9 Å². The Morgan fingerprint density at radius 1 is 1.53 bits per heavy atom. The minimum absolute atomic E-state index is 0.0728. The van der Waals surface area contributed by atoms with E-state index in [-0.39, 0.29) is 18.5 Å². The van der Waals surface area contributed by atoms with Gasteiger partial charge in [-0.2, -0.15) is 5.10 Å². The highest BCUT2D eigenvalue weighted by atomic mass is 16.4. The molecule has 7 nitrogen and oxygen atoms in total. The first-order valence-corrected chi connectivity index (χ1v) is 6.18. The van der Waals surface area contributed by atoms with Crippen LogP contribution in [0.5, 0.6) is 0 Å². The van der Waals surface area contributed by atoms with Gasteiger partial charge in [-0.3, -0.25) is 9.48 Å². The van der Waals surface area contributed by atoms with Crippen molar-refractivity contribution in [2.24, 2.45) is 7.05 Å². The van der Waals surface area contributed by atoms with Crippen LogP contribution in [0, 0.1) is 6.92 Å². The standard InChI is InChI=1S/C12H20N4O3/c1-8(5-4-6-11(17)18)13-12(19)14-10-7-16(3)15-9(10)2/h7-8H,4-6H2,1-3H3,(H,17,18)(H2,13,14,19). The summed E-state index contributed by atoms with van der Waals surface area (Å²) in [5.74, 6) is -0.817. The van der Waals surface area contributed by atoms with Gasteiger partial charge in [-0.05, 0) is 26.7 Å². The predicted octanol–water partition coefficient (Wildman–Crippen LogP) is 1.49. The van der Waals surface area contributed by atoms with Gasteiger partial charge < -0.3 is 15.7 Å². The van der Waals surface area contributed by atoms with Gasteiger partial charge >= 0.3 is 12.0 Å². The van der Waals surface area contributed by atoms with Crippen molar-refractivity contribution in [1.82, 2.24) is 15.1 Å². The Kier molecular flexibility index (Phi) is 5.35. The van der Waals surface area contributed by atoms with Crippen LogP contribution >= 0.6 is 0 Å². The third-order valence-corrected chi connectivity index (χ3v) is 2.67. The summed E-state index contributed by atoms with van der Waals surface area (Å²) in [6.45, 7) is 3.66. The number of rotatable bonds is 6. The lowest BCUT2D eigenvalue weighted by Crippen LogP contribution is -2.36. The summed E-state index contributed by atoms with van der Waals surface area (Å²) in [6, 6.07) is -0.379. The number of hydrogen-bond donors (Lipinski definition) is 3. The Hall–Kier alpha value is -2.05. The molecule has 1 heterocycles. The molecule has 1 unspecified atom stereocenters. The van der Waals surface area contributed by atoms with E-state index in [1.54, 1.807) is 17.9 Å². The molecule has 0 radical (unpaired) electrons. The van der Waals surface area contributed by atoms with Gasteiger partial charge in [0.2, 0.25) is 0 Å². The Labute approximate surface area is 112 Å². The van der Waals surface area contributed by atoms with Crippen molar-refractivity contribution in [2.75, 3.05) is 5.32 Å². The number of aromatic nitrogens is 2. The molecule has 1 rings (SSSR count). The summed E-state index contributed by atoms with van der Waals surface area (Å²) in [5, 5.41) is 18.1. The number of nitrogens with one attached hydrogen (secondary N) is 2. The molecular formula is C12H20N4O3. The van der Waals surface area contributed by atoms with E-state index < -0.39 is 5.97 Å². The SMILES string of the molecule is Cc1nn(C)cc1NC(=O)NC(C)CCCC(=O)O. The average Bonchev–Trinajstić information content (AvgIpc) is 2.56. The molecule has 0 aliphatic carbocycles. The van der Waals surface area contributed by atoms with Gasteiger partial charge in [0.25, 0.3) is 0 Å². The second-order valence-electron chi connectivity index (χ2n) is 4.59. The lowest BCUT2D eigenvalue weighted by molar-refractivity contribution is -0.137. The number of amides is 2. The molecule has 0 aromatic carbocycles. The van der Waals surface area contributed by atoms with Crippen LogP contribution in [0.4, 0.5) is 10.5 Å². The van der Waals surface area contributed by atoms with Crippen LogP contribution in [0.2, 0.25) is 0 Å². The lowest BCUT2D eigenvalue weighted by Gasteiger charge is -2.13. The fraction of sp³-hybridized carbons (Fsp3) is 0.583. The van der Waals surface area contributed by atoms with Gasteiger partial charge in [0.1, 0.15) is 0 Å². The summed E-state index contributed by atoms with van der Waals surface area (Å²) >= 11 is 0. The Morgan fingerprint density at radius 3 is 2.74 bits per heavy atom. The van der Waals surface area contributed by atoms with Gasteiger partial charge in [-0.25, -0.2) is 4.79 Å². The summed E-state index contributed by atoms with van der Waals surface area (Å²) in [7, 11) is 1.78. The number of urea groups is 1. The number of aliphatic carboxylic acids is 1. The number of carbonyl (C=O) groups excluding carboxylic acids is 1. The Morgan fingerprint density at radius 2 is 2.21 bits per heavy atom. The lowest BCUT2D eigenvalue weighted by atomic mass is 10.1. The highest BCUT2D eigenvalue weighted by Gasteiger charge is 2.10. The van der Waals surface area contributed by atoms with Crippen LogP contribution in [0.3, 0.4) is 0 Å². The molecule has 106 valence electrons. The van der Waals surface area contributed by atoms with Gasteiger partial charge in [0.05, 0.1) is 11.4 Å². The number of hydrogen-bond acceptors (Lipinski definition) is 3. The molecule has 0 fully saturated rings. The van der Waals surface area contributed by atoms with Crippen molar-refractivity contribution in [2.45, 2.75) is 39.2 Å². The van der Waals surface area contributed by atoms with E-state index >= 15 is 0 Å². The maximum Gasteiger partial charge on any atom is 0.319 e. The van der Waals surface area contributed by atoms with Gasteiger partial charge in [-0.15, -0.1) is 0 Å². The molecule has 3 N–H and O–H groups in total. The summed E-state index contributed by atoms with van der Waals surface area (Å²) in [5.41, 5.74) is 1.41. The second kappa shape index (κ2) is 6.77. The molecule has 0 aliphatic heterocycles. The smallest absolute Gasteiger partial charge is 0.319 e. The zero-order valence-corrected chi connectivity index (χ0v) is 11.4. The van der Waals surface area contributed by atoms with Crippen molar-refractivity contribution in [3.8, 4) is 0 Å². The second-order valence-corrected chi connectivity index (χ2v) is 4.59. The van der Waals surface area contributed by atoms with Gasteiger partial charge in [0, 0.05) is 25.7 Å². The average molecular weight is 268 g/mol. The van der Waals surface area contributed by atoms with Crippen LogP contribution in [0.25, 0.3) is 0 Å². The molecule has 0 bridgehead atoms. The first kappa shape index (κ1) is 15.0. The molecule has 1 atom stereocenters. The van der Waals surface area contributed by atoms with E-state index in [2.05, 4.69) is 15.7 Å². The van der Waals surface area contributed by atoms with Gasteiger partial charge in [0.15, 0.2) is 0 Å². The largest absolute Gasteiger partial charge is 0.481 e. The van der Waals surface area contributed by atoms with E-state index in [0.29, 0.717) is 18.5 Å². The van der Waals surface area contributed by atoms with E-state index in [4.69, 9.17) is 5.11 Å². The van der Waals surface area contributed by atoms with Crippen molar-refractivity contribution in [3.05, 3.63) is 11.9 Å². The maximum atomic E-state index is 11.7. The van der Waals surface area contributed by atoms with E-state index in [0.717, 1.165) is 5.69 Å². The zero-order valence-electron chi connectivity index (χ0n) is 11.4. The zero-order chi connectivity index (χ0) is 14.4. The molecule has 0 spiro atoms.